The van der Waals surface area contributed by atoms with Gasteiger partial charge in [-0.15, -0.1) is 0 Å². The first kappa shape index (κ1) is 9.31. The summed E-state index contributed by atoms with van der Waals surface area (Å²) < 4.78 is 13.5. The van der Waals surface area contributed by atoms with E-state index < -0.39 is 0 Å². The van der Waals surface area contributed by atoms with Crippen LogP contribution in [0.4, 0.5) is 4.39 Å². The quantitative estimate of drug-likeness (QED) is 0.741. The Morgan fingerprint density at radius 3 is 2.93 bits per heavy atom. The van der Waals surface area contributed by atoms with E-state index in [4.69, 9.17) is 0 Å². The van der Waals surface area contributed by atoms with Crippen molar-refractivity contribution in [3.63, 3.8) is 0 Å². The zero-order valence-corrected chi connectivity index (χ0v) is 8.67. The third kappa shape index (κ3) is 1.56. The predicted molar refractivity (Wildman–Crippen MR) is 57.2 cm³/mol. The van der Waals surface area contributed by atoms with Gasteiger partial charge >= 0.3 is 0 Å². The summed E-state index contributed by atoms with van der Waals surface area (Å²) in [4.78, 5) is 2.46. The van der Waals surface area contributed by atoms with Crippen molar-refractivity contribution in [2.24, 2.45) is 0 Å². The van der Waals surface area contributed by atoms with Crippen LogP contribution in [0.3, 0.4) is 0 Å². The summed E-state index contributed by atoms with van der Waals surface area (Å²) in [5, 5.41) is 3.28. The number of hydrogen-bond acceptors (Lipinski definition) is 2. The van der Waals surface area contributed by atoms with Crippen molar-refractivity contribution in [1.82, 2.24) is 10.2 Å². The van der Waals surface area contributed by atoms with Crippen LogP contribution in [0.2, 0.25) is 0 Å². The molecule has 1 aromatic rings. The van der Waals surface area contributed by atoms with Gasteiger partial charge in [-0.1, -0.05) is 12.1 Å². The lowest BCUT2D eigenvalue weighted by atomic mass is 9.97. The molecule has 0 aromatic heterocycles. The number of rotatable bonds is 1. The fourth-order valence-corrected chi connectivity index (χ4v) is 2.43. The monoisotopic (exact) mass is 206 g/mol. The van der Waals surface area contributed by atoms with Gasteiger partial charge in [-0.2, -0.15) is 0 Å². The molecular formula is C12H15FN2. The second-order valence-corrected chi connectivity index (χ2v) is 4.41. The van der Waals surface area contributed by atoms with Crippen LogP contribution in [-0.2, 0) is 13.0 Å². The molecule has 1 fully saturated rings. The summed E-state index contributed by atoms with van der Waals surface area (Å²) in [5.41, 5.74) is 2.11. The fourth-order valence-electron chi connectivity index (χ4n) is 2.43. The molecule has 1 saturated heterocycles. The van der Waals surface area contributed by atoms with E-state index in [0.29, 0.717) is 6.04 Å². The number of halogens is 1. The normalized spacial score (nSPS) is 22.2. The van der Waals surface area contributed by atoms with Gasteiger partial charge in [0.05, 0.1) is 0 Å². The Hall–Kier alpha value is -0.930. The van der Waals surface area contributed by atoms with E-state index in [-0.39, 0.29) is 5.82 Å². The van der Waals surface area contributed by atoms with Gasteiger partial charge in [0, 0.05) is 32.2 Å². The van der Waals surface area contributed by atoms with Crippen molar-refractivity contribution in [2.45, 2.75) is 19.0 Å². The van der Waals surface area contributed by atoms with E-state index in [1.54, 1.807) is 6.07 Å². The van der Waals surface area contributed by atoms with Gasteiger partial charge in [0.25, 0.3) is 0 Å². The molecule has 0 radical (unpaired) electrons. The lowest BCUT2D eigenvalue weighted by Gasteiger charge is -2.40. The maximum atomic E-state index is 13.5. The summed E-state index contributed by atoms with van der Waals surface area (Å²) >= 11 is 0. The molecule has 80 valence electrons. The Morgan fingerprint density at radius 2 is 2.20 bits per heavy atom. The molecule has 2 aliphatic rings. The molecular weight excluding hydrogens is 191 g/mol. The van der Waals surface area contributed by atoms with E-state index >= 15 is 0 Å². The topological polar surface area (TPSA) is 15.3 Å². The minimum absolute atomic E-state index is 0.0288. The lowest BCUT2D eigenvalue weighted by molar-refractivity contribution is 0.130. The van der Waals surface area contributed by atoms with E-state index in [9.17, 15) is 4.39 Å². The molecule has 3 rings (SSSR count). The molecule has 2 nitrogen and oxygen atoms in total. The number of nitrogens with one attached hydrogen (secondary N) is 1. The van der Waals surface area contributed by atoms with Gasteiger partial charge in [-0.25, -0.2) is 4.39 Å². The van der Waals surface area contributed by atoms with Crippen LogP contribution in [-0.4, -0.2) is 30.6 Å². The molecule has 15 heavy (non-hydrogen) atoms. The third-order valence-electron chi connectivity index (χ3n) is 3.51. The second kappa shape index (κ2) is 3.58. The maximum Gasteiger partial charge on any atom is 0.126 e. The smallest absolute Gasteiger partial charge is 0.126 e. The van der Waals surface area contributed by atoms with E-state index in [1.807, 2.05) is 6.07 Å². The average molecular weight is 206 g/mol. The van der Waals surface area contributed by atoms with Gasteiger partial charge in [-0.05, 0) is 23.6 Å². The van der Waals surface area contributed by atoms with Crippen LogP contribution in [0.1, 0.15) is 11.1 Å². The summed E-state index contributed by atoms with van der Waals surface area (Å²) in [7, 11) is 0. The van der Waals surface area contributed by atoms with Crippen molar-refractivity contribution in [1.29, 1.82) is 0 Å². The Kier molecular flexibility index (Phi) is 2.22. The highest BCUT2D eigenvalue weighted by Crippen LogP contribution is 2.23. The van der Waals surface area contributed by atoms with Gasteiger partial charge in [0.2, 0.25) is 0 Å². The van der Waals surface area contributed by atoms with Gasteiger partial charge in [-0.3, -0.25) is 4.90 Å². The molecule has 0 spiro atoms. The standard InChI is InChI=1S/C12H15FN2/c13-12-3-1-2-9-8-15(5-4-11(9)12)10-6-14-7-10/h1-3,10,14H,4-8H2. The highest BCUT2D eigenvalue weighted by atomic mass is 19.1. The van der Waals surface area contributed by atoms with Crippen molar-refractivity contribution < 1.29 is 4.39 Å². The number of benzene rings is 1. The minimum atomic E-state index is -0.0288. The number of nitrogens with zero attached hydrogens (tertiary/aromatic N) is 1. The first-order valence-electron chi connectivity index (χ1n) is 5.55. The molecule has 1 aromatic carbocycles. The lowest BCUT2D eigenvalue weighted by Crippen LogP contribution is -2.58. The first-order valence-corrected chi connectivity index (χ1v) is 5.55. The Morgan fingerprint density at radius 1 is 1.33 bits per heavy atom. The average Bonchev–Trinajstić information content (AvgIpc) is 2.15. The van der Waals surface area contributed by atoms with Gasteiger partial charge < -0.3 is 5.32 Å². The molecule has 0 amide bonds. The molecule has 2 heterocycles. The van der Waals surface area contributed by atoms with Crippen molar-refractivity contribution in [2.75, 3.05) is 19.6 Å². The molecule has 0 aliphatic carbocycles. The zero-order valence-electron chi connectivity index (χ0n) is 8.67. The molecule has 0 saturated carbocycles. The molecule has 0 atom stereocenters. The fraction of sp³-hybridized carbons (Fsp3) is 0.500. The van der Waals surface area contributed by atoms with E-state index in [2.05, 4.69) is 16.3 Å². The summed E-state index contributed by atoms with van der Waals surface area (Å²) in [6.07, 6.45) is 0.860. The van der Waals surface area contributed by atoms with Gasteiger partial charge in [0.1, 0.15) is 5.82 Å². The summed E-state index contributed by atoms with van der Waals surface area (Å²) in [6, 6.07) is 6.11. The predicted octanol–water partition coefficient (Wildman–Crippen LogP) is 1.16. The first-order chi connectivity index (χ1) is 7.34. The zero-order chi connectivity index (χ0) is 10.3. The van der Waals surface area contributed by atoms with Crippen LogP contribution in [0.5, 0.6) is 0 Å². The number of hydrogen-bond donors (Lipinski definition) is 1. The molecule has 0 bridgehead atoms. The highest BCUT2D eigenvalue weighted by molar-refractivity contribution is 5.30. The Bertz CT molecular complexity index is 374. The van der Waals surface area contributed by atoms with Gasteiger partial charge in [0.15, 0.2) is 0 Å². The van der Waals surface area contributed by atoms with E-state index in [1.165, 1.54) is 5.56 Å². The van der Waals surface area contributed by atoms with Crippen molar-refractivity contribution in [3.05, 3.63) is 35.1 Å². The second-order valence-electron chi connectivity index (χ2n) is 4.41. The van der Waals surface area contributed by atoms with Crippen LogP contribution in [0.25, 0.3) is 0 Å². The largest absolute Gasteiger partial charge is 0.314 e. The van der Waals surface area contributed by atoms with Crippen LogP contribution >= 0.6 is 0 Å². The maximum absolute atomic E-state index is 13.5. The Balaban J connectivity index is 1.83. The molecule has 0 unspecified atom stereocenters. The summed E-state index contributed by atoms with van der Waals surface area (Å²) in [5.74, 6) is -0.0288. The van der Waals surface area contributed by atoms with Crippen molar-refractivity contribution in [3.8, 4) is 0 Å². The van der Waals surface area contributed by atoms with Crippen molar-refractivity contribution >= 4 is 0 Å². The minimum Gasteiger partial charge on any atom is -0.314 e. The Labute approximate surface area is 89.1 Å². The molecule has 2 aliphatic heterocycles. The highest BCUT2D eigenvalue weighted by Gasteiger charge is 2.28. The van der Waals surface area contributed by atoms with E-state index in [0.717, 1.165) is 38.2 Å². The molecule has 3 heteroatoms. The number of fused-ring (bicyclic) bond motifs is 1. The van der Waals surface area contributed by atoms with Crippen LogP contribution in [0, 0.1) is 5.82 Å². The third-order valence-corrected chi connectivity index (χ3v) is 3.51. The van der Waals surface area contributed by atoms with Crippen LogP contribution < -0.4 is 5.32 Å². The van der Waals surface area contributed by atoms with Crippen LogP contribution in [0.15, 0.2) is 18.2 Å². The summed E-state index contributed by atoms with van der Waals surface area (Å²) in [6.45, 7) is 4.09. The SMILES string of the molecule is Fc1cccc2c1CCN(C1CNC1)C2. The molecule has 1 N–H and O–H groups in total.